The summed E-state index contributed by atoms with van der Waals surface area (Å²) >= 11 is 0.982. The standard InChI is InChI=1S/C12H15F3N2O2S2/c13-12(14,15)10-6-20-11(16-10)5-17-3-4-21(18,19)7-9(17)8-1-2-8/h6,8-9H,1-5,7H2. The van der Waals surface area contributed by atoms with E-state index in [-0.39, 0.29) is 17.5 Å². The van der Waals surface area contributed by atoms with Crippen LogP contribution in [0.5, 0.6) is 0 Å². The summed E-state index contributed by atoms with van der Waals surface area (Å²) in [5, 5.41) is 1.41. The number of halogens is 3. The third kappa shape index (κ3) is 3.57. The molecular weight excluding hydrogens is 325 g/mol. The van der Waals surface area contributed by atoms with E-state index in [0.717, 1.165) is 29.6 Å². The van der Waals surface area contributed by atoms with Crippen LogP contribution in [0, 0.1) is 5.92 Å². The highest BCUT2D eigenvalue weighted by Crippen LogP contribution is 2.38. The van der Waals surface area contributed by atoms with Crippen molar-refractivity contribution in [3.63, 3.8) is 0 Å². The SMILES string of the molecule is O=S1(=O)CCN(Cc2nc(C(F)(F)F)cs2)C(C2CC2)C1. The minimum atomic E-state index is -4.42. The molecule has 0 aromatic carbocycles. The van der Waals surface area contributed by atoms with Crippen LogP contribution in [0.1, 0.15) is 23.5 Å². The van der Waals surface area contributed by atoms with Gasteiger partial charge >= 0.3 is 6.18 Å². The topological polar surface area (TPSA) is 50.3 Å². The van der Waals surface area contributed by atoms with E-state index in [4.69, 9.17) is 0 Å². The van der Waals surface area contributed by atoms with E-state index in [1.807, 2.05) is 4.90 Å². The molecule has 1 saturated carbocycles. The molecule has 2 heterocycles. The van der Waals surface area contributed by atoms with Gasteiger partial charge in [-0.25, -0.2) is 13.4 Å². The zero-order valence-electron chi connectivity index (χ0n) is 11.1. The van der Waals surface area contributed by atoms with Gasteiger partial charge in [0.25, 0.3) is 0 Å². The van der Waals surface area contributed by atoms with Gasteiger partial charge in [0.15, 0.2) is 15.5 Å². The zero-order chi connectivity index (χ0) is 15.3. The predicted molar refractivity (Wildman–Crippen MR) is 72.7 cm³/mol. The molecule has 0 amide bonds. The van der Waals surface area contributed by atoms with Crippen molar-refractivity contribution in [1.82, 2.24) is 9.88 Å². The van der Waals surface area contributed by atoms with Crippen molar-refractivity contribution in [2.24, 2.45) is 5.92 Å². The van der Waals surface area contributed by atoms with Crippen LogP contribution in [-0.2, 0) is 22.6 Å². The summed E-state index contributed by atoms with van der Waals surface area (Å²) in [4.78, 5) is 5.61. The van der Waals surface area contributed by atoms with Crippen molar-refractivity contribution in [3.8, 4) is 0 Å². The lowest BCUT2D eigenvalue weighted by Gasteiger charge is -2.35. The van der Waals surface area contributed by atoms with Gasteiger partial charge in [-0.3, -0.25) is 4.90 Å². The molecule has 1 unspecified atom stereocenters. The molecule has 1 saturated heterocycles. The number of hydrogen-bond donors (Lipinski definition) is 0. The molecule has 9 heteroatoms. The first-order chi connectivity index (χ1) is 9.74. The van der Waals surface area contributed by atoms with E-state index in [2.05, 4.69) is 4.98 Å². The Labute approximate surface area is 124 Å². The second-order valence-corrected chi connectivity index (χ2v) is 8.79. The minimum absolute atomic E-state index is 0.0676. The average molecular weight is 340 g/mol. The lowest BCUT2D eigenvalue weighted by Crippen LogP contribution is -2.49. The van der Waals surface area contributed by atoms with Crippen LogP contribution < -0.4 is 0 Å². The molecule has 0 spiro atoms. The Morgan fingerprint density at radius 2 is 2.10 bits per heavy atom. The molecule has 2 aliphatic rings. The highest BCUT2D eigenvalue weighted by molar-refractivity contribution is 7.91. The third-order valence-electron chi connectivity index (χ3n) is 3.93. The first-order valence-electron chi connectivity index (χ1n) is 6.71. The Bertz CT molecular complexity index is 623. The second-order valence-electron chi connectivity index (χ2n) is 5.61. The predicted octanol–water partition coefficient (Wildman–Crippen LogP) is 2.17. The largest absolute Gasteiger partial charge is 0.434 e. The van der Waals surface area contributed by atoms with Crippen molar-refractivity contribution >= 4 is 21.2 Å². The van der Waals surface area contributed by atoms with Crippen LogP contribution in [0.25, 0.3) is 0 Å². The van der Waals surface area contributed by atoms with Gasteiger partial charge in [-0.2, -0.15) is 13.2 Å². The Morgan fingerprint density at radius 1 is 1.38 bits per heavy atom. The molecule has 1 aliphatic heterocycles. The van der Waals surface area contributed by atoms with Gasteiger partial charge in [0.1, 0.15) is 5.01 Å². The highest BCUT2D eigenvalue weighted by atomic mass is 32.2. The number of aromatic nitrogens is 1. The summed E-state index contributed by atoms with van der Waals surface area (Å²) in [6, 6.07) is -0.0676. The summed E-state index contributed by atoms with van der Waals surface area (Å²) in [6.45, 7) is 0.682. The molecule has 0 bridgehead atoms. The molecular formula is C12H15F3N2O2S2. The maximum Gasteiger partial charge on any atom is 0.434 e. The normalized spacial score (nSPS) is 26.9. The molecule has 21 heavy (non-hydrogen) atoms. The van der Waals surface area contributed by atoms with Gasteiger partial charge in [0, 0.05) is 18.0 Å². The molecule has 118 valence electrons. The van der Waals surface area contributed by atoms with Gasteiger partial charge in [0.05, 0.1) is 18.1 Å². The van der Waals surface area contributed by atoms with Crippen molar-refractivity contribution in [3.05, 3.63) is 16.1 Å². The number of hydrogen-bond acceptors (Lipinski definition) is 5. The molecule has 1 atom stereocenters. The van der Waals surface area contributed by atoms with Gasteiger partial charge in [-0.05, 0) is 18.8 Å². The lowest BCUT2D eigenvalue weighted by atomic mass is 10.2. The van der Waals surface area contributed by atoms with E-state index in [0.29, 0.717) is 24.0 Å². The first kappa shape index (κ1) is 15.2. The maximum absolute atomic E-state index is 12.5. The van der Waals surface area contributed by atoms with Crippen LogP contribution >= 0.6 is 11.3 Å². The number of sulfone groups is 1. The highest BCUT2D eigenvalue weighted by Gasteiger charge is 2.41. The number of nitrogens with zero attached hydrogens (tertiary/aromatic N) is 2. The van der Waals surface area contributed by atoms with E-state index in [1.54, 1.807) is 0 Å². The molecule has 3 rings (SSSR count). The summed E-state index contributed by atoms with van der Waals surface area (Å²) in [7, 11) is -3.02. The first-order valence-corrected chi connectivity index (χ1v) is 9.41. The van der Waals surface area contributed by atoms with Gasteiger partial charge in [-0.15, -0.1) is 11.3 Å². The maximum atomic E-state index is 12.5. The smallest absolute Gasteiger partial charge is 0.291 e. The molecule has 1 aromatic rings. The molecule has 0 radical (unpaired) electrons. The van der Waals surface area contributed by atoms with E-state index in [1.165, 1.54) is 0 Å². The summed E-state index contributed by atoms with van der Waals surface area (Å²) in [5.74, 6) is 0.560. The van der Waals surface area contributed by atoms with Crippen molar-refractivity contribution < 1.29 is 21.6 Å². The summed E-state index contributed by atoms with van der Waals surface area (Å²) in [5.41, 5.74) is -0.866. The third-order valence-corrected chi connectivity index (χ3v) is 6.42. The minimum Gasteiger partial charge on any atom is -0.291 e. The summed E-state index contributed by atoms with van der Waals surface area (Å²) < 4.78 is 61.1. The fourth-order valence-electron chi connectivity index (χ4n) is 2.67. The van der Waals surface area contributed by atoms with Crippen LogP contribution in [0.3, 0.4) is 0 Å². The number of thiazole rings is 1. The quantitative estimate of drug-likeness (QED) is 0.846. The van der Waals surface area contributed by atoms with Gasteiger partial charge in [-0.1, -0.05) is 0 Å². The van der Waals surface area contributed by atoms with E-state index >= 15 is 0 Å². The van der Waals surface area contributed by atoms with Crippen molar-refractivity contribution in [1.29, 1.82) is 0 Å². The van der Waals surface area contributed by atoms with Crippen molar-refractivity contribution in [2.45, 2.75) is 31.6 Å². The second kappa shape index (κ2) is 5.20. The van der Waals surface area contributed by atoms with Gasteiger partial charge in [0.2, 0.25) is 0 Å². The lowest BCUT2D eigenvalue weighted by molar-refractivity contribution is -0.140. The fraction of sp³-hybridized carbons (Fsp3) is 0.750. The summed E-state index contributed by atoms with van der Waals surface area (Å²) in [6.07, 6.45) is -2.42. The Hall–Kier alpha value is -0.670. The molecule has 2 fully saturated rings. The Kier molecular flexibility index (Phi) is 3.77. The number of alkyl halides is 3. The van der Waals surface area contributed by atoms with E-state index < -0.39 is 21.7 Å². The van der Waals surface area contributed by atoms with Crippen molar-refractivity contribution in [2.75, 3.05) is 18.1 Å². The molecule has 0 N–H and O–H groups in total. The van der Waals surface area contributed by atoms with Crippen LogP contribution in [0.4, 0.5) is 13.2 Å². The molecule has 1 aliphatic carbocycles. The Balaban J connectivity index is 1.73. The zero-order valence-corrected chi connectivity index (χ0v) is 12.8. The average Bonchev–Trinajstić information content (AvgIpc) is 3.09. The Morgan fingerprint density at radius 3 is 2.67 bits per heavy atom. The van der Waals surface area contributed by atoms with Crippen LogP contribution in [0.15, 0.2) is 5.38 Å². The monoisotopic (exact) mass is 340 g/mol. The molecule has 1 aromatic heterocycles. The fourth-order valence-corrected chi connectivity index (χ4v) is 5.18. The number of rotatable bonds is 3. The van der Waals surface area contributed by atoms with Crippen LogP contribution in [0.2, 0.25) is 0 Å². The van der Waals surface area contributed by atoms with Gasteiger partial charge < -0.3 is 0 Å². The van der Waals surface area contributed by atoms with Crippen LogP contribution in [-0.4, -0.2) is 42.4 Å². The van der Waals surface area contributed by atoms with E-state index in [9.17, 15) is 21.6 Å². The molecule has 4 nitrogen and oxygen atoms in total.